The Bertz CT molecular complexity index is 2440. The maximum Gasteiger partial charge on any atom is 0.103 e. The standard InChI is InChI=1S/C40H28N6S3/c1-4-24-8-9-27-18-34(46-31(27)14-24)30(21-43)38(44)37-13-23(3)40(49-37)36-11-10-35(48-36)39-22(2)12-29(47-39)16-28(20-42)33-17-26-7-5-6-25(19-41)15-32(26)45-33/h4-6,8-16H,1,7,17-18,44H2,2-3H3/b28-16+,38-30-. The summed E-state index contributed by atoms with van der Waals surface area (Å²) in [5, 5.41) is 29.6. The molecule has 0 spiro atoms. The summed E-state index contributed by atoms with van der Waals surface area (Å²) in [6.45, 7) is 8.01. The molecule has 2 N–H and O–H groups in total. The summed E-state index contributed by atoms with van der Waals surface area (Å²) in [4.78, 5) is 15.9. The monoisotopic (exact) mass is 688 g/mol. The molecule has 7 rings (SSSR count). The number of rotatable bonds is 7. The molecule has 3 aliphatic rings. The van der Waals surface area contributed by atoms with Gasteiger partial charge in [-0.05, 0) is 96.7 Å². The number of nitrogens with two attached hydrogens (primary N) is 1. The molecule has 2 aliphatic heterocycles. The van der Waals surface area contributed by atoms with Crippen LogP contribution in [0.4, 0.5) is 5.69 Å². The third-order valence-electron chi connectivity index (χ3n) is 8.60. The van der Waals surface area contributed by atoms with Crippen molar-refractivity contribution in [1.29, 1.82) is 15.8 Å². The number of allylic oxidation sites excluding steroid dienone is 7. The van der Waals surface area contributed by atoms with Gasteiger partial charge in [0.2, 0.25) is 0 Å². The van der Waals surface area contributed by atoms with E-state index >= 15 is 0 Å². The third-order valence-corrected chi connectivity index (χ3v) is 12.5. The number of benzene rings is 1. The molecule has 1 aromatic carbocycles. The van der Waals surface area contributed by atoms with Gasteiger partial charge in [0.05, 0.1) is 56.2 Å². The zero-order valence-corrected chi connectivity index (χ0v) is 29.2. The average molecular weight is 689 g/mol. The molecule has 0 unspecified atom stereocenters. The molecule has 0 saturated carbocycles. The first kappa shape index (κ1) is 31.9. The molecule has 0 atom stereocenters. The third kappa shape index (κ3) is 6.10. The molecule has 4 aromatic rings. The van der Waals surface area contributed by atoms with Gasteiger partial charge < -0.3 is 5.73 Å². The van der Waals surface area contributed by atoms with Crippen LogP contribution in [0.25, 0.3) is 37.4 Å². The number of fused-ring (bicyclic) bond motifs is 1. The van der Waals surface area contributed by atoms with Gasteiger partial charge in [-0.1, -0.05) is 30.9 Å². The van der Waals surface area contributed by atoms with Crippen LogP contribution < -0.4 is 5.73 Å². The van der Waals surface area contributed by atoms with Crippen molar-refractivity contribution >= 4 is 69.0 Å². The van der Waals surface area contributed by atoms with Crippen molar-refractivity contribution in [1.82, 2.24) is 0 Å². The predicted octanol–water partition coefficient (Wildman–Crippen LogP) is 10.4. The summed E-state index contributed by atoms with van der Waals surface area (Å²) in [7, 11) is 0. The molecule has 0 amide bonds. The molecule has 0 fully saturated rings. The van der Waals surface area contributed by atoms with Crippen LogP contribution in [0, 0.1) is 47.8 Å². The number of aliphatic imine (C=N–C) groups is 2. The first-order valence-corrected chi connectivity index (χ1v) is 18.0. The number of thiophene rings is 3. The fourth-order valence-corrected chi connectivity index (χ4v) is 9.69. The first-order valence-electron chi connectivity index (χ1n) is 15.5. The number of nitriles is 3. The Morgan fingerprint density at radius 1 is 0.898 bits per heavy atom. The van der Waals surface area contributed by atoms with Gasteiger partial charge in [-0.2, -0.15) is 15.8 Å². The summed E-state index contributed by atoms with van der Waals surface area (Å²) in [6.07, 6.45) is 11.2. The average Bonchev–Trinajstić information content (AvgIpc) is 3.93. The maximum absolute atomic E-state index is 10.1. The van der Waals surface area contributed by atoms with E-state index in [1.165, 1.54) is 0 Å². The van der Waals surface area contributed by atoms with Crippen molar-refractivity contribution in [3.63, 3.8) is 0 Å². The molecule has 0 bridgehead atoms. The minimum absolute atomic E-state index is 0.415. The molecule has 9 heteroatoms. The van der Waals surface area contributed by atoms with E-state index < -0.39 is 0 Å². The van der Waals surface area contributed by atoms with Crippen LogP contribution >= 0.6 is 34.0 Å². The molecule has 3 aromatic heterocycles. The highest BCUT2D eigenvalue weighted by molar-refractivity contribution is 7.27. The van der Waals surface area contributed by atoms with Gasteiger partial charge in [-0.25, -0.2) is 0 Å². The zero-order valence-electron chi connectivity index (χ0n) is 26.8. The van der Waals surface area contributed by atoms with Gasteiger partial charge in [-0.15, -0.1) is 34.0 Å². The van der Waals surface area contributed by atoms with Crippen LogP contribution in [0.15, 0.2) is 105 Å². The second-order valence-corrected chi connectivity index (χ2v) is 15.1. The molecule has 236 valence electrons. The summed E-state index contributed by atoms with van der Waals surface area (Å²) >= 11 is 4.97. The highest BCUT2D eigenvalue weighted by Crippen LogP contribution is 2.44. The molecule has 1 aliphatic carbocycles. The van der Waals surface area contributed by atoms with Crippen LogP contribution in [0.3, 0.4) is 0 Å². The normalized spacial score (nSPS) is 15.7. The second kappa shape index (κ2) is 13.1. The Balaban J connectivity index is 1.13. The van der Waals surface area contributed by atoms with Crippen molar-refractivity contribution in [3.8, 4) is 37.7 Å². The van der Waals surface area contributed by atoms with Crippen molar-refractivity contribution in [2.45, 2.75) is 33.1 Å². The van der Waals surface area contributed by atoms with E-state index in [9.17, 15) is 15.8 Å². The van der Waals surface area contributed by atoms with Crippen molar-refractivity contribution in [2.75, 3.05) is 0 Å². The Hall–Kier alpha value is -5.63. The van der Waals surface area contributed by atoms with E-state index in [0.29, 0.717) is 41.0 Å². The largest absolute Gasteiger partial charge is 0.396 e. The van der Waals surface area contributed by atoms with E-state index in [0.717, 1.165) is 80.6 Å². The van der Waals surface area contributed by atoms with E-state index in [1.54, 1.807) is 46.2 Å². The maximum atomic E-state index is 10.1. The van der Waals surface area contributed by atoms with Crippen LogP contribution in [-0.2, 0) is 6.42 Å². The molecule has 0 saturated heterocycles. The van der Waals surface area contributed by atoms with Crippen LogP contribution in [0.1, 0.15) is 44.8 Å². The molecule has 5 heterocycles. The minimum atomic E-state index is 0.415. The van der Waals surface area contributed by atoms with E-state index in [2.05, 4.69) is 62.9 Å². The van der Waals surface area contributed by atoms with Gasteiger partial charge in [0.15, 0.2) is 0 Å². The molecule has 0 radical (unpaired) electrons. The van der Waals surface area contributed by atoms with E-state index in [1.807, 2.05) is 36.4 Å². The number of hydrogen-bond acceptors (Lipinski definition) is 9. The fraction of sp³-hybridized carbons (Fsp3) is 0.125. The van der Waals surface area contributed by atoms with Gasteiger partial charge in [0, 0.05) is 37.2 Å². The Morgan fingerprint density at radius 2 is 1.67 bits per heavy atom. The minimum Gasteiger partial charge on any atom is -0.396 e. The lowest BCUT2D eigenvalue weighted by molar-refractivity contribution is 1.15. The zero-order chi connectivity index (χ0) is 34.2. The molecule has 6 nitrogen and oxygen atoms in total. The second-order valence-electron chi connectivity index (χ2n) is 11.9. The van der Waals surface area contributed by atoms with Crippen LogP contribution in [-0.4, -0.2) is 11.4 Å². The lowest BCUT2D eigenvalue weighted by atomic mass is 10.0. The Morgan fingerprint density at radius 3 is 2.41 bits per heavy atom. The van der Waals surface area contributed by atoms with Gasteiger partial charge >= 0.3 is 0 Å². The summed E-state index contributed by atoms with van der Waals surface area (Å²) < 4.78 is 0. The lowest BCUT2D eigenvalue weighted by Crippen LogP contribution is -2.08. The molecular weight excluding hydrogens is 661 g/mol. The first-order chi connectivity index (χ1) is 23.8. The number of nitrogens with zero attached hydrogens (tertiary/aromatic N) is 5. The predicted molar refractivity (Wildman–Crippen MR) is 205 cm³/mol. The van der Waals surface area contributed by atoms with Gasteiger partial charge in [0.25, 0.3) is 0 Å². The Labute approximate surface area is 297 Å². The lowest BCUT2D eigenvalue weighted by Gasteiger charge is -2.03. The quantitative estimate of drug-likeness (QED) is 0.194. The summed E-state index contributed by atoms with van der Waals surface area (Å²) in [6, 6.07) is 21.4. The smallest absolute Gasteiger partial charge is 0.103 e. The highest BCUT2D eigenvalue weighted by atomic mass is 32.1. The van der Waals surface area contributed by atoms with Crippen molar-refractivity contribution < 1.29 is 0 Å². The fourth-order valence-electron chi connectivity index (χ4n) is 6.08. The molecule has 49 heavy (non-hydrogen) atoms. The van der Waals surface area contributed by atoms with E-state index in [4.69, 9.17) is 15.7 Å². The topological polar surface area (TPSA) is 122 Å². The SMILES string of the molecule is C=Cc1ccc2c(c1)N=C(/C(C#N)=C(\N)c1cc(C)c(-c3ccc(-c4sc(/C=C(\C#N)C5=NC6=C(CC=CC(C#N)=C6)C5)cc4C)s3)s1)C2. The van der Waals surface area contributed by atoms with Gasteiger partial charge in [-0.3, -0.25) is 9.98 Å². The summed E-state index contributed by atoms with van der Waals surface area (Å²) in [5.41, 5.74) is 17.2. The number of aryl methyl sites for hydroxylation is 2. The Kier molecular flexibility index (Phi) is 8.55. The van der Waals surface area contributed by atoms with Crippen LogP contribution in [0.5, 0.6) is 0 Å². The molecular formula is C40H28N6S3. The van der Waals surface area contributed by atoms with E-state index in [-0.39, 0.29) is 0 Å². The van der Waals surface area contributed by atoms with Crippen LogP contribution in [0.2, 0.25) is 0 Å². The van der Waals surface area contributed by atoms with Gasteiger partial charge in [0.1, 0.15) is 12.1 Å². The van der Waals surface area contributed by atoms with Crippen molar-refractivity contribution in [3.05, 3.63) is 127 Å². The highest BCUT2D eigenvalue weighted by Gasteiger charge is 2.24. The van der Waals surface area contributed by atoms with Crippen molar-refractivity contribution in [2.24, 2.45) is 15.7 Å². The number of hydrogen-bond donors (Lipinski definition) is 1. The summed E-state index contributed by atoms with van der Waals surface area (Å²) in [5.74, 6) is 0.